The fourth-order valence-corrected chi connectivity index (χ4v) is 1.40. The molecule has 0 saturated carbocycles. The van der Waals surface area contributed by atoms with Crippen molar-refractivity contribution in [2.75, 3.05) is 11.9 Å². The van der Waals surface area contributed by atoms with E-state index in [2.05, 4.69) is 36.7 Å². The van der Waals surface area contributed by atoms with E-state index in [1.54, 1.807) is 0 Å². The molecule has 0 spiro atoms. The number of alkyl halides is 1. The van der Waals surface area contributed by atoms with Gasteiger partial charge in [-0.3, -0.25) is 0 Å². The number of ether oxygens (including phenoxy) is 1. The maximum atomic E-state index is 5.75. The van der Waals surface area contributed by atoms with Gasteiger partial charge in [0, 0.05) is 11.9 Å². The van der Waals surface area contributed by atoms with E-state index >= 15 is 0 Å². The van der Waals surface area contributed by atoms with Gasteiger partial charge in [0.15, 0.2) is 0 Å². The number of halogens is 1. The second kappa shape index (κ2) is 7.81. The van der Waals surface area contributed by atoms with E-state index < -0.39 is 0 Å². The van der Waals surface area contributed by atoms with Crippen molar-refractivity contribution in [1.29, 1.82) is 0 Å². The van der Waals surface area contributed by atoms with Crippen molar-refractivity contribution in [3.05, 3.63) is 0 Å². The first-order chi connectivity index (χ1) is 6.12. The largest absolute Gasteiger partial charge is 0.376 e. The van der Waals surface area contributed by atoms with Gasteiger partial charge in [0.2, 0.25) is 0 Å². The molecule has 0 unspecified atom stereocenters. The molecule has 0 rings (SSSR count). The zero-order valence-electron chi connectivity index (χ0n) is 9.24. The average molecular weight is 251 g/mol. The summed E-state index contributed by atoms with van der Waals surface area (Å²) in [6, 6.07) is 0. The van der Waals surface area contributed by atoms with Crippen LogP contribution in [0.2, 0.25) is 0 Å². The Morgan fingerprint density at radius 1 is 1.08 bits per heavy atom. The summed E-state index contributed by atoms with van der Waals surface area (Å²) in [4.78, 5) is 0. The van der Waals surface area contributed by atoms with Crippen molar-refractivity contribution >= 4 is 15.9 Å². The highest BCUT2D eigenvalue weighted by Gasteiger charge is 2.13. The Morgan fingerprint density at radius 2 is 1.69 bits per heavy atom. The highest BCUT2D eigenvalue weighted by Crippen LogP contribution is 2.14. The van der Waals surface area contributed by atoms with E-state index in [-0.39, 0.29) is 5.60 Å². The van der Waals surface area contributed by atoms with Gasteiger partial charge in [-0.25, -0.2) is 0 Å². The summed E-state index contributed by atoms with van der Waals surface area (Å²) < 4.78 is 5.75. The van der Waals surface area contributed by atoms with Gasteiger partial charge in [-0.1, -0.05) is 35.7 Å². The third-order valence-electron chi connectivity index (χ3n) is 2.37. The molecule has 0 aromatic carbocycles. The van der Waals surface area contributed by atoms with Crippen LogP contribution < -0.4 is 0 Å². The smallest absolute Gasteiger partial charge is 0.0623 e. The van der Waals surface area contributed by atoms with Crippen LogP contribution in [0.1, 0.15) is 52.9 Å². The Kier molecular flexibility index (Phi) is 8.07. The van der Waals surface area contributed by atoms with Gasteiger partial charge in [-0.2, -0.15) is 0 Å². The summed E-state index contributed by atoms with van der Waals surface area (Å²) in [7, 11) is 0. The molecule has 13 heavy (non-hydrogen) atoms. The molecule has 0 amide bonds. The van der Waals surface area contributed by atoms with Crippen LogP contribution in [-0.4, -0.2) is 17.5 Å². The Labute approximate surface area is 91.4 Å². The standard InChI is InChI=1S/C11H23BrO/c1-4-11(2,3)13-10-8-6-5-7-9-12/h4-10H2,1-3H3. The van der Waals surface area contributed by atoms with Gasteiger partial charge in [-0.15, -0.1) is 0 Å². The van der Waals surface area contributed by atoms with Crippen molar-refractivity contribution in [2.24, 2.45) is 0 Å². The molecule has 0 aliphatic rings. The zero-order valence-corrected chi connectivity index (χ0v) is 10.8. The summed E-state index contributed by atoms with van der Waals surface area (Å²) >= 11 is 3.43. The minimum atomic E-state index is 0.0788. The molecule has 0 heterocycles. The third kappa shape index (κ3) is 8.76. The minimum Gasteiger partial charge on any atom is -0.376 e. The highest BCUT2D eigenvalue weighted by atomic mass is 79.9. The number of rotatable bonds is 8. The first-order valence-corrected chi connectivity index (χ1v) is 6.44. The molecule has 2 heteroatoms. The summed E-state index contributed by atoms with van der Waals surface area (Å²) in [6.07, 6.45) is 6.20. The number of hydrogen-bond donors (Lipinski definition) is 0. The van der Waals surface area contributed by atoms with Gasteiger partial charge >= 0.3 is 0 Å². The highest BCUT2D eigenvalue weighted by molar-refractivity contribution is 9.09. The number of hydrogen-bond acceptors (Lipinski definition) is 1. The second-order valence-electron chi connectivity index (χ2n) is 4.06. The lowest BCUT2D eigenvalue weighted by molar-refractivity contribution is -0.0216. The minimum absolute atomic E-state index is 0.0788. The van der Waals surface area contributed by atoms with Crippen molar-refractivity contribution in [3.8, 4) is 0 Å². The Bertz CT molecular complexity index is 113. The third-order valence-corrected chi connectivity index (χ3v) is 2.93. The molecular weight excluding hydrogens is 228 g/mol. The molecule has 0 radical (unpaired) electrons. The number of unbranched alkanes of at least 4 members (excludes halogenated alkanes) is 3. The molecule has 0 saturated heterocycles. The van der Waals surface area contributed by atoms with Gasteiger partial charge in [0.05, 0.1) is 5.60 Å². The monoisotopic (exact) mass is 250 g/mol. The van der Waals surface area contributed by atoms with E-state index in [0.29, 0.717) is 0 Å². The van der Waals surface area contributed by atoms with Crippen LogP contribution in [0.3, 0.4) is 0 Å². The lowest BCUT2D eigenvalue weighted by atomic mass is 10.1. The van der Waals surface area contributed by atoms with Crippen LogP contribution in [0.25, 0.3) is 0 Å². The van der Waals surface area contributed by atoms with Gasteiger partial charge in [0.1, 0.15) is 0 Å². The lowest BCUT2D eigenvalue weighted by Crippen LogP contribution is -2.23. The molecule has 0 bridgehead atoms. The Hall–Kier alpha value is 0.440. The summed E-state index contributed by atoms with van der Waals surface area (Å²) in [5.74, 6) is 0. The normalized spacial score (nSPS) is 12.0. The van der Waals surface area contributed by atoms with E-state index in [1.807, 2.05) is 0 Å². The van der Waals surface area contributed by atoms with Crippen LogP contribution in [0, 0.1) is 0 Å². The Balaban J connectivity index is 3.16. The fraction of sp³-hybridized carbons (Fsp3) is 1.00. The molecule has 0 aromatic rings. The Morgan fingerprint density at radius 3 is 2.23 bits per heavy atom. The summed E-state index contributed by atoms with van der Waals surface area (Å²) in [5.41, 5.74) is 0.0788. The van der Waals surface area contributed by atoms with Crippen molar-refractivity contribution < 1.29 is 4.74 Å². The van der Waals surface area contributed by atoms with E-state index in [0.717, 1.165) is 18.4 Å². The van der Waals surface area contributed by atoms with Gasteiger partial charge < -0.3 is 4.74 Å². The van der Waals surface area contributed by atoms with Crippen LogP contribution in [-0.2, 0) is 4.74 Å². The first-order valence-electron chi connectivity index (χ1n) is 5.32. The van der Waals surface area contributed by atoms with E-state index in [4.69, 9.17) is 4.74 Å². The summed E-state index contributed by atoms with van der Waals surface area (Å²) in [6.45, 7) is 7.41. The van der Waals surface area contributed by atoms with Gasteiger partial charge in [-0.05, 0) is 33.1 Å². The molecule has 0 aliphatic heterocycles. The van der Waals surface area contributed by atoms with Gasteiger partial charge in [0.25, 0.3) is 0 Å². The zero-order chi connectivity index (χ0) is 10.2. The predicted octanol–water partition coefficient (Wildman–Crippen LogP) is 4.15. The quantitative estimate of drug-likeness (QED) is 0.465. The first kappa shape index (κ1) is 13.4. The molecule has 0 atom stereocenters. The van der Waals surface area contributed by atoms with Crippen LogP contribution >= 0.6 is 15.9 Å². The van der Waals surface area contributed by atoms with Crippen molar-refractivity contribution in [3.63, 3.8) is 0 Å². The van der Waals surface area contributed by atoms with E-state index in [9.17, 15) is 0 Å². The maximum absolute atomic E-state index is 5.75. The van der Waals surface area contributed by atoms with Crippen molar-refractivity contribution in [1.82, 2.24) is 0 Å². The topological polar surface area (TPSA) is 9.23 Å². The molecule has 0 fully saturated rings. The maximum Gasteiger partial charge on any atom is 0.0623 e. The molecule has 0 aromatic heterocycles. The average Bonchev–Trinajstić information content (AvgIpc) is 2.11. The van der Waals surface area contributed by atoms with Crippen LogP contribution in [0.4, 0.5) is 0 Å². The summed E-state index contributed by atoms with van der Waals surface area (Å²) in [5, 5.41) is 1.13. The molecule has 1 nitrogen and oxygen atoms in total. The molecular formula is C11H23BrO. The predicted molar refractivity (Wildman–Crippen MR) is 62.6 cm³/mol. The molecule has 80 valence electrons. The van der Waals surface area contributed by atoms with Crippen LogP contribution in [0.15, 0.2) is 0 Å². The SMILES string of the molecule is CCC(C)(C)OCCCCCCBr. The molecule has 0 aliphatic carbocycles. The van der Waals surface area contributed by atoms with Crippen molar-refractivity contribution in [2.45, 2.75) is 58.5 Å². The fourth-order valence-electron chi connectivity index (χ4n) is 1.00. The second-order valence-corrected chi connectivity index (χ2v) is 4.86. The lowest BCUT2D eigenvalue weighted by Gasteiger charge is -2.23. The molecule has 0 N–H and O–H groups in total. The van der Waals surface area contributed by atoms with E-state index in [1.165, 1.54) is 25.7 Å². The van der Waals surface area contributed by atoms with Crippen LogP contribution in [0.5, 0.6) is 0 Å².